The van der Waals surface area contributed by atoms with Crippen molar-refractivity contribution in [3.63, 3.8) is 0 Å². The van der Waals surface area contributed by atoms with Crippen molar-refractivity contribution in [2.45, 2.75) is 68.6 Å². The molecule has 0 N–H and O–H groups in total. The molecule has 9 nitrogen and oxygen atoms in total. The highest BCUT2D eigenvalue weighted by atomic mass is 32.2. The van der Waals surface area contributed by atoms with E-state index in [0.29, 0.717) is 44.1 Å². The van der Waals surface area contributed by atoms with Crippen molar-refractivity contribution in [3.8, 4) is 0 Å². The number of piperidine rings is 1. The molecular weight excluding hydrogens is 631 g/mol. The van der Waals surface area contributed by atoms with E-state index >= 15 is 0 Å². The predicted molar refractivity (Wildman–Crippen MR) is 191 cm³/mol. The summed E-state index contributed by atoms with van der Waals surface area (Å²) in [5, 5.41) is 0. The third kappa shape index (κ3) is 9.45. The van der Waals surface area contributed by atoms with Gasteiger partial charge >= 0.3 is 0 Å². The standard InChI is InChI=1S/C36H55N5O4S2/c1-31-27-39(46(42,43)36-20-18-35(19-21-36)37(2)3)25-11-22-38(29-32-13-6-4-7-14-32)23-12-26-40(28-31)47(44,45)41-24-10-17-34(30-41)33-15-8-5-9-16-33/h5,8-9,15-16,18-21,32,34H,1,4,6-7,10-14,17,22-30H2,2-3H3. The SMILES string of the molecule is C=C1CN(S(=O)(=O)c2ccc(N(C)C)cc2)CCCN(CC2CCCCC2)CCCN(S(=O)(=O)N2CCCC(c3ccccc3)C2)C1. The van der Waals surface area contributed by atoms with Gasteiger partial charge in [0.15, 0.2) is 0 Å². The lowest BCUT2D eigenvalue weighted by Crippen LogP contribution is -2.49. The summed E-state index contributed by atoms with van der Waals surface area (Å²) in [6.07, 6.45) is 9.52. The topological polar surface area (TPSA) is 84.5 Å². The smallest absolute Gasteiger partial charge is 0.282 e. The molecule has 260 valence electrons. The fraction of sp³-hybridized carbons (Fsp3) is 0.611. The average Bonchev–Trinajstić information content (AvgIpc) is 3.07. The van der Waals surface area contributed by atoms with Gasteiger partial charge in [-0.2, -0.15) is 21.3 Å². The van der Waals surface area contributed by atoms with Gasteiger partial charge < -0.3 is 9.80 Å². The van der Waals surface area contributed by atoms with Gasteiger partial charge in [0, 0.05) is 65.6 Å². The molecule has 0 amide bonds. The molecule has 3 aliphatic rings. The maximum absolute atomic E-state index is 14.3. The minimum Gasteiger partial charge on any atom is -0.378 e. The normalized spacial score (nSPS) is 23.2. The van der Waals surface area contributed by atoms with E-state index in [1.54, 1.807) is 20.7 Å². The van der Waals surface area contributed by atoms with Crippen LogP contribution in [0.4, 0.5) is 5.69 Å². The van der Waals surface area contributed by atoms with Gasteiger partial charge in [-0.05, 0) is 98.9 Å². The number of hydrogen-bond acceptors (Lipinski definition) is 6. The first-order valence-corrected chi connectivity index (χ1v) is 20.3. The van der Waals surface area contributed by atoms with Crippen molar-refractivity contribution in [1.29, 1.82) is 0 Å². The molecule has 2 aromatic rings. The van der Waals surface area contributed by atoms with Crippen molar-refractivity contribution in [1.82, 2.24) is 17.8 Å². The average molecular weight is 686 g/mol. The third-order valence-electron chi connectivity index (χ3n) is 10.1. The van der Waals surface area contributed by atoms with Crippen molar-refractivity contribution in [2.75, 3.05) is 77.9 Å². The Morgan fingerprint density at radius 2 is 1.32 bits per heavy atom. The maximum Gasteiger partial charge on any atom is 0.282 e. The van der Waals surface area contributed by atoms with Crippen LogP contribution in [-0.2, 0) is 20.2 Å². The number of nitrogens with zero attached hydrogens (tertiary/aromatic N) is 5. The van der Waals surface area contributed by atoms with Crippen LogP contribution in [0, 0.1) is 5.92 Å². The van der Waals surface area contributed by atoms with Gasteiger partial charge in [0.2, 0.25) is 10.0 Å². The monoisotopic (exact) mass is 685 g/mol. The summed E-state index contributed by atoms with van der Waals surface area (Å²) in [6.45, 7) is 8.68. The highest BCUT2D eigenvalue weighted by molar-refractivity contribution is 7.89. The van der Waals surface area contributed by atoms with Crippen molar-refractivity contribution in [3.05, 3.63) is 72.3 Å². The fourth-order valence-corrected chi connectivity index (χ4v) is 10.7. The predicted octanol–water partition coefficient (Wildman–Crippen LogP) is 5.40. The molecule has 5 rings (SSSR count). The lowest BCUT2D eigenvalue weighted by atomic mass is 9.89. The molecule has 2 aliphatic heterocycles. The molecular formula is C36H55N5O4S2. The summed E-state index contributed by atoms with van der Waals surface area (Å²) in [5.41, 5.74) is 2.68. The second kappa shape index (κ2) is 16.4. The van der Waals surface area contributed by atoms with E-state index in [9.17, 15) is 16.8 Å². The van der Waals surface area contributed by atoms with Gasteiger partial charge in [-0.25, -0.2) is 8.42 Å². The quantitative estimate of drug-likeness (QED) is 0.346. The molecule has 2 saturated heterocycles. The second-order valence-electron chi connectivity index (χ2n) is 13.9. The van der Waals surface area contributed by atoms with E-state index in [-0.39, 0.29) is 23.9 Å². The molecule has 1 unspecified atom stereocenters. The van der Waals surface area contributed by atoms with E-state index < -0.39 is 20.2 Å². The van der Waals surface area contributed by atoms with Crippen LogP contribution in [0.25, 0.3) is 0 Å². The number of anilines is 1. The van der Waals surface area contributed by atoms with Crippen LogP contribution in [0.15, 0.2) is 71.6 Å². The van der Waals surface area contributed by atoms with Crippen LogP contribution < -0.4 is 4.90 Å². The number of hydrogen-bond donors (Lipinski definition) is 0. The molecule has 1 atom stereocenters. The Hall–Kier alpha value is -2.28. The summed E-state index contributed by atoms with van der Waals surface area (Å²) in [4.78, 5) is 4.64. The second-order valence-corrected chi connectivity index (χ2v) is 17.8. The molecule has 0 aromatic heterocycles. The molecule has 11 heteroatoms. The molecule has 0 radical (unpaired) electrons. The van der Waals surface area contributed by atoms with E-state index in [2.05, 4.69) is 23.6 Å². The van der Waals surface area contributed by atoms with E-state index in [4.69, 9.17) is 0 Å². The lowest BCUT2D eigenvalue weighted by molar-refractivity contribution is 0.187. The fourth-order valence-electron chi connectivity index (χ4n) is 7.46. The molecule has 1 saturated carbocycles. The van der Waals surface area contributed by atoms with Gasteiger partial charge in [0.1, 0.15) is 0 Å². The molecule has 1 aliphatic carbocycles. The third-order valence-corrected chi connectivity index (χ3v) is 13.9. The summed E-state index contributed by atoms with van der Waals surface area (Å²) >= 11 is 0. The molecule has 2 heterocycles. The first-order chi connectivity index (χ1) is 22.5. The molecule has 47 heavy (non-hydrogen) atoms. The number of benzene rings is 2. The highest BCUT2D eigenvalue weighted by Gasteiger charge is 2.35. The van der Waals surface area contributed by atoms with Crippen molar-refractivity contribution < 1.29 is 16.8 Å². The van der Waals surface area contributed by atoms with Crippen LogP contribution in [0.3, 0.4) is 0 Å². The van der Waals surface area contributed by atoms with E-state index in [0.717, 1.165) is 44.6 Å². The Bertz CT molecular complexity index is 1510. The first-order valence-electron chi connectivity index (χ1n) is 17.5. The molecule has 2 aromatic carbocycles. The Morgan fingerprint density at radius 3 is 1.98 bits per heavy atom. The largest absolute Gasteiger partial charge is 0.378 e. The minimum absolute atomic E-state index is 0.0824. The van der Waals surface area contributed by atoms with Gasteiger partial charge in [0.25, 0.3) is 10.2 Å². The Morgan fingerprint density at radius 1 is 0.702 bits per heavy atom. The molecule has 3 fully saturated rings. The first kappa shape index (κ1) is 36.0. The van der Waals surface area contributed by atoms with Gasteiger partial charge in [-0.15, -0.1) is 0 Å². The lowest BCUT2D eigenvalue weighted by Gasteiger charge is -2.37. The number of rotatable bonds is 8. The van der Waals surface area contributed by atoms with Crippen LogP contribution in [0.2, 0.25) is 0 Å². The molecule has 0 bridgehead atoms. The van der Waals surface area contributed by atoms with Crippen LogP contribution in [0.5, 0.6) is 0 Å². The number of sulfonamides is 1. The highest BCUT2D eigenvalue weighted by Crippen LogP contribution is 2.30. The maximum atomic E-state index is 14.3. The van der Waals surface area contributed by atoms with E-state index in [1.807, 2.05) is 49.3 Å². The van der Waals surface area contributed by atoms with E-state index in [1.165, 1.54) is 42.0 Å². The summed E-state index contributed by atoms with van der Waals surface area (Å²) in [6, 6.07) is 17.1. The zero-order valence-corrected chi connectivity index (χ0v) is 30.1. The molecule has 0 spiro atoms. The van der Waals surface area contributed by atoms with Gasteiger partial charge in [-0.1, -0.05) is 56.2 Å². The van der Waals surface area contributed by atoms with Crippen LogP contribution in [-0.4, -0.2) is 108 Å². The summed E-state index contributed by atoms with van der Waals surface area (Å²) in [5.74, 6) is 0.801. The Kier molecular flexibility index (Phi) is 12.6. The van der Waals surface area contributed by atoms with Crippen molar-refractivity contribution >= 4 is 25.9 Å². The Labute approximate surface area is 284 Å². The van der Waals surface area contributed by atoms with Crippen molar-refractivity contribution in [2.24, 2.45) is 5.92 Å². The minimum atomic E-state index is -3.83. The van der Waals surface area contributed by atoms with Gasteiger partial charge in [-0.3, -0.25) is 0 Å². The zero-order valence-electron chi connectivity index (χ0n) is 28.5. The summed E-state index contributed by atoms with van der Waals surface area (Å²) in [7, 11) is -3.77. The summed E-state index contributed by atoms with van der Waals surface area (Å²) < 4.78 is 61.5. The van der Waals surface area contributed by atoms with Gasteiger partial charge in [0.05, 0.1) is 4.90 Å². The van der Waals surface area contributed by atoms with Crippen LogP contribution in [0.1, 0.15) is 69.3 Å². The Balaban J connectivity index is 1.38. The zero-order chi connectivity index (χ0) is 33.4. The van der Waals surface area contributed by atoms with Crippen LogP contribution >= 0.6 is 0 Å².